The summed E-state index contributed by atoms with van der Waals surface area (Å²) in [6.45, 7) is 1.78. The zero-order valence-electron chi connectivity index (χ0n) is 12.6. The molecule has 3 aromatic rings. The summed E-state index contributed by atoms with van der Waals surface area (Å²) < 4.78 is 24.3. The molecule has 1 unspecified atom stereocenters. The van der Waals surface area contributed by atoms with Gasteiger partial charge < -0.3 is 9.47 Å². The molecule has 0 amide bonds. The van der Waals surface area contributed by atoms with Gasteiger partial charge in [0, 0.05) is 0 Å². The van der Waals surface area contributed by atoms with Gasteiger partial charge in [0.25, 0.3) is 5.19 Å². The number of nitrogens with zero attached hydrogens (tertiary/aromatic N) is 1. The van der Waals surface area contributed by atoms with Gasteiger partial charge in [-0.05, 0) is 42.8 Å². The highest BCUT2D eigenvalue weighted by molar-refractivity contribution is 7.20. The van der Waals surface area contributed by atoms with E-state index in [1.807, 2.05) is 12.1 Å². The van der Waals surface area contributed by atoms with Crippen molar-refractivity contribution in [1.29, 1.82) is 0 Å². The van der Waals surface area contributed by atoms with E-state index in [1.165, 1.54) is 30.6 Å². The Labute approximate surface area is 136 Å². The second-order valence-electron chi connectivity index (χ2n) is 5.01. The van der Waals surface area contributed by atoms with E-state index in [9.17, 15) is 9.18 Å². The summed E-state index contributed by atoms with van der Waals surface area (Å²) in [7, 11) is 1.37. The first-order chi connectivity index (χ1) is 11.1. The van der Waals surface area contributed by atoms with Crippen molar-refractivity contribution in [3.63, 3.8) is 0 Å². The van der Waals surface area contributed by atoms with Crippen LogP contribution >= 0.6 is 11.3 Å². The van der Waals surface area contributed by atoms with E-state index in [4.69, 9.17) is 9.47 Å². The van der Waals surface area contributed by atoms with E-state index in [0.717, 1.165) is 10.3 Å². The highest BCUT2D eigenvalue weighted by Gasteiger charge is 2.15. The summed E-state index contributed by atoms with van der Waals surface area (Å²) in [6.07, 6.45) is 0. The molecule has 1 atom stereocenters. The van der Waals surface area contributed by atoms with Crippen molar-refractivity contribution in [1.82, 2.24) is 4.98 Å². The monoisotopic (exact) mass is 331 g/mol. The number of hydrogen-bond acceptors (Lipinski definition) is 5. The molecule has 0 N–H and O–H groups in total. The van der Waals surface area contributed by atoms with Gasteiger partial charge in [0.2, 0.25) is 0 Å². The summed E-state index contributed by atoms with van der Waals surface area (Å²) >= 11 is 1.28. The molecule has 23 heavy (non-hydrogen) atoms. The van der Waals surface area contributed by atoms with E-state index >= 15 is 0 Å². The maximum atomic E-state index is 13.2. The topological polar surface area (TPSA) is 48.4 Å². The summed E-state index contributed by atoms with van der Waals surface area (Å²) in [5.41, 5.74) is 1.54. The number of thiazole rings is 1. The Hall–Kier alpha value is -2.47. The molecule has 0 bridgehead atoms. The van der Waals surface area contributed by atoms with Crippen LogP contribution in [0.25, 0.3) is 10.2 Å². The Kier molecular flexibility index (Phi) is 4.25. The quantitative estimate of drug-likeness (QED) is 0.660. The number of fused-ring (bicyclic) bond motifs is 1. The van der Waals surface area contributed by atoms with Crippen molar-refractivity contribution in [2.75, 3.05) is 7.11 Å². The van der Waals surface area contributed by atoms with Crippen molar-refractivity contribution in [3.8, 4) is 10.9 Å². The van der Waals surface area contributed by atoms with Crippen LogP contribution in [0.1, 0.15) is 18.4 Å². The van der Waals surface area contributed by atoms with Crippen LogP contribution in [0.4, 0.5) is 4.39 Å². The van der Waals surface area contributed by atoms with Gasteiger partial charge in [0.15, 0.2) is 0 Å². The fourth-order valence-electron chi connectivity index (χ4n) is 2.16. The summed E-state index contributed by atoms with van der Waals surface area (Å²) in [5.74, 6) is -0.314. The van der Waals surface area contributed by atoms with Crippen molar-refractivity contribution in [3.05, 3.63) is 53.8 Å². The Morgan fingerprint density at radius 3 is 2.65 bits per heavy atom. The Morgan fingerprint density at radius 2 is 1.96 bits per heavy atom. The van der Waals surface area contributed by atoms with Gasteiger partial charge in [-0.15, -0.1) is 0 Å². The lowest BCUT2D eigenvalue weighted by atomic mass is 10.0. The number of benzene rings is 2. The maximum Gasteiger partial charge on any atom is 0.312 e. The van der Waals surface area contributed by atoms with Crippen LogP contribution in [0, 0.1) is 5.82 Å². The highest BCUT2D eigenvalue weighted by Crippen LogP contribution is 2.32. The van der Waals surface area contributed by atoms with Crippen LogP contribution in [0.15, 0.2) is 42.5 Å². The van der Waals surface area contributed by atoms with Crippen LogP contribution in [0.2, 0.25) is 0 Å². The molecule has 1 aromatic heterocycles. The molecule has 0 aliphatic rings. The molecule has 0 aliphatic heterocycles. The maximum absolute atomic E-state index is 13.2. The smallest absolute Gasteiger partial charge is 0.312 e. The Balaban J connectivity index is 1.78. The molecule has 0 saturated heterocycles. The van der Waals surface area contributed by atoms with E-state index in [1.54, 1.807) is 25.1 Å². The van der Waals surface area contributed by atoms with Crippen LogP contribution in [-0.2, 0) is 9.53 Å². The molecule has 118 valence electrons. The van der Waals surface area contributed by atoms with Gasteiger partial charge in [0.05, 0.1) is 23.2 Å². The molecule has 1 heterocycles. The summed E-state index contributed by atoms with van der Waals surface area (Å²) in [6, 6.07) is 11.6. The van der Waals surface area contributed by atoms with Gasteiger partial charge >= 0.3 is 5.97 Å². The van der Waals surface area contributed by atoms with Gasteiger partial charge in [-0.1, -0.05) is 23.5 Å². The molecule has 3 rings (SSSR count). The zero-order chi connectivity index (χ0) is 16.4. The molecule has 0 fully saturated rings. The van der Waals surface area contributed by atoms with Crippen LogP contribution in [-0.4, -0.2) is 18.1 Å². The first-order valence-corrected chi connectivity index (χ1v) is 7.80. The Morgan fingerprint density at radius 1 is 1.22 bits per heavy atom. The van der Waals surface area contributed by atoms with Crippen molar-refractivity contribution in [2.24, 2.45) is 0 Å². The minimum absolute atomic E-state index is 0.285. The molecule has 0 spiro atoms. The van der Waals surface area contributed by atoms with E-state index < -0.39 is 0 Å². The van der Waals surface area contributed by atoms with E-state index in [0.29, 0.717) is 16.5 Å². The van der Waals surface area contributed by atoms with Crippen molar-refractivity contribution >= 4 is 27.5 Å². The second-order valence-corrected chi connectivity index (χ2v) is 6.00. The average Bonchev–Trinajstić information content (AvgIpc) is 2.95. The number of hydrogen-bond donors (Lipinski definition) is 0. The number of rotatable bonds is 4. The first kappa shape index (κ1) is 15.4. The third kappa shape index (κ3) is 3.32. The molecule has 0 saturated carbocycles. The lowest BCUT2D eigenvalue weighted by Crippen LogP contribution is -2.10. The normalized spacial score (nSPS) is 12.1. The van der Waals surface area contributed by atoms with Gasteiger partial charge in [-0.3, -0.25) is 4.79 Å². The number of halogens is 1. The minimum atomic E-state index is -0.334. The second kappa shape index (κ2) is 6.34. The number of esters is 1. The predicted molar refractivity (Wildman–Crippen MR) is 86.5 cm³/mol. The molecule has 0 aliphatic carbocycles. The highest BCUT2D eigenvalue weighted by atomic mass is 32.1. The van der Waals surface area contributed by atoms with Gasteiger partial charge in [-0.2, -0.15) is 0 Å². The molecular formula is C17H14FNO3S. The van der Waals surface area contributed by atoms with Gasteiger partial charge in [0.1, 0.15) is 11.6 Å². The zero-order valence-corrected chi connectivity index (χ0v) is 13.4. The fraction of sp³-hybridized carbons (Fsp3) is 0.176. The lowest BCUT2D eigenvalue weighted by Gasteiger charge is -2.10. The van der Waals surface area contributed by atoms with Crippen molar-refractivity contribution < 1.29 is 18.7 Å². The third-order valence-electron chi connectivity index (χ3n) is 3.47. The number of methoxy groups -OCH3 is 1. The number of aromatic nitrogens is 1. The average molecular weight is 331 g/mol. The minimum Gasteiger partial charge on any atom is -0.469 e. The van der Waals surface area contributed by atoms with Crippen LogP contribution in [0.3, 0.4) is 0 Å². The Bertz CT molecular complexity index is 845. The predicted octanol–water partition coefficient (Wildman–Crippen LogP) is 4.50. The third-order valence-corrected chi connectivity index (χ3v) is 4.37. The van der Waals surface area contributed by atoms with Crippen molar-refractivity contribution in [2.45, 2.75) is 12.8 Å². The lowest BCUT2D eigenvalue weighted by molar-refractivity contribution is -0.141. The number of carbonyl (C=O) groups excluding carboxylic acids is 1. The van der Waals surface area contributed by atoms with E-state index in [2.05, 4.69) is 4.98 Å². The molecule has 4 nitrogen and oxygen atoms in total. The van der Waals surface area contributed by atoms with Crippen LogP contribution < -0.4 is 4.74 Å². The summed E-state index contributed by atoms with van der Waals surface area (Å²) in [4.78, 5) is 15.8. The van der Waals surface area contributed by atoms with Gasteiger partial charge in [-0.25, -0.2) is 9.37 Å². The standard InChI is InChI=1S/C17H14FNO3S/c1-10(16(20)21-2)11-3-6-13(7-4-11)22-17-19-14-8-5-12(18)9-15(14)23-17/h3-10H,1-2H3. The first-order valence-electron chi connectivity index (χ1n) is 6.98. The SMILES string of the molecule is COC(=O)C(C)c1ccc(Oc2nc3ccc(F)cc3s2)cc1. The molecule has 0 radical (unpaired) electrons. The largest absolute Gasteiger partial charge is 0.469 e. The molecule has 2 aromatic carbocycles. The van der Waals surface area contributed by atoms with E-state index in [-0.39, 0.29) is 17.7 Å². The summed E-state index contributed by atoms with van der Waals surface area (Å²) in [5, 5.41) is 0.444. The fourth-order valence-corrected chi connectivity index (χ4v) is 3.02. The number of carbonyl (C=O) groups is 1. The molecule has 6 heteroatoms. The van der Waals surface area contributed by atoms with Crippen LogP contribution in [0.5, 0.6) is 10.9 Å². The number of ether oxygens (including phenoxy) is 2. The molecular weight excluding hydrogens is 317 g/mol.